The third-order valence-electron chi connectivity index (χ3n) is 2.14. The van der Waals surface area contributed by atoms with E-state index in [4.69, 9.17) is 11.6 Å². The second kappa shape index (κ2) is 5.88. The maximum Gasteiger partial charge on any atom is 0.264 e. The highest BCUT2D eigenvalue weighted by Gasteiger charge is 2.23. The SMILES string of the molecule is O=C1NN=C/C(=N/N=C/c2ccccc2Br)C1Cl. The van der Waals surface area contributed by atoms with E-state index in [2.05, 4.69) is 36.7 Å². The molecule has 5 nitrogen and oxygen atoms in total. The summed E-state index contributed by atoms with van der Waals surface area (Å²) in [5, 5.41) is 10.5. The van der Waals surface area contributed by atoms with Gasteiger partial charge in [0.15, 0.2) is 5.38 Å². The zero-order valence-corrected chi connectivity index (χ0v) is 11.4. The number of nitrogens with zero attached hydrogens (tertiary/aromatic N) is 3. The van der Waals surface area contributed by atoms with Crippen LogP contribution in [0.4, 0.5) is 0 Å². The number of hydrogen-bond donors (Lipinski definition) is 1. The molecule has 1 aromatic carbocycles. The molecule has 0 aliphatic carbocycles. The number of hydrazone groups is 1. The Morgan fingerprint density at radius 1 is 1.44 bits per heavy atom. The molecule has 0 bridgehead atoms. The van der Waals surface area contributed by atoms with Crippen molar-refractivity contribution in [3.63, 3.8) is 0 Å². The Balaban J connectivity index is 2.16. The van der Waals surface area contributed by atoms with Crippen LogP contribution >= 0.6 is 27.5 Å². The van der Waals surface area contributed by atoms with E-state index in [-0.39, 0.29) is 0 Å². The Bertz CT molecular complexity index is 556. The lowest BCUT2D eigenvalue weighted by Gasteiger charge is -2.10. The van der Waals surface area contributed by atoms with Crippen molar-refractivity contribution >= 4 is 51.6 Å². The van der Waals surface area contributed by atoms with Gasteiger partial charge in [0.25, 0.3) is 5.91 Å². The Labute approximate surface area is 117 Å². The highest BCUT2D eigenvalue weighted by molar-refractivity contribution is 9.10. The molecule has 92 valence electrons. The van der Waals surface area contributed by atoms with Gasteiger partial charge in [0.1, 0.15) is 5.71 Å². The smallest absolute Gasteiger partial charge is 0.264 e. The first kappa shape index (κ1) is 12.9. The molecule has 1 heterocycles. The van der Waals surface area contributed by atoms with Crippen LogP contribution in [0, 0.1) is 0 Å². The van der Waals surface area contributed by atoms with Gasteiger partial charge < -0.3 is 0 Å². The van der Waals surface area contributed by atoms with E-state index in [1.54, 1.807) is 6.21 Å². The fourth-order valence-electron chi connectivity index (χ4n) is 1.23. The molecule has 1 unspecified atom stereocenters. The van der Waals surface area contributed by atoms with Crippen molar-refractivity contribution in [2.45, 2.75) is 5.38 Å². The van der Waals surface area contributed by atoms with Gasteiger partial charge in [-0.25, -0.2) is 5.43 Å². The molecule has 0 fully saturated rings. The van der Waals surface area contributed by atoms with Crippen molar-refractivity contribution in [1.82, 2.24) is 5.43 Å². The van der Waals surface area contributed by atoms with Crippen LogP contribution in [0.15, 0.2) is 44.0 Å². The number of rotatable bonds is 2. The number of carbonyl (C=O) groups excluding carboxylic acids is 1. The molecule has 1 aliphatic heterocycles. The molecule has 2 rings (SSSR count). The van der Waals surface area contributed by atoms with Crippen LogP contribution < -0.4 is 5.43 Å². The van der Waals surface area contributed by atoms with Crippen molar-refractivity contribution in [2.24, 2.45) is 15.3 Å². The molecule has 7 heteroatoms. The molecule has 1 N–H and O–H groups in total. The molecule has 1 amide bonds. The fourth-order valence-corrected chi connectivity index (χ4v) is 1.77. The van der Waals surface area contributed by atoms with Gasteiger partial charge in [0.05, 0.1) is 12.4 Å². The van der Waals surface area contributed by atoms with Gasteiger partial charge >= 0.3 is 0 Å². The number of benzene rings is 1. The Morgan fingerprint density at radius 2 is 2.22 bits per heavy atom. The first-order valence-electron chi connectivity index (χ1n) is 5.01. The van der Waals surface area contributed by atoms with E-state index in [9.17, 15) is 4.79 Å². The van der Waals surface area contributed by atoms with Gasteiger partial charge in [-0.05, 0) is 6.07 Å². The zero-order valence-electron chi connectivity index (χ0n) is 9.05. The van der Waals surface area contributed by atoms with Crippen LogP contribution in [0.2, 0.25) is 0 Å². The zero-order chi connectivity index (χ0) is 13.0. The van der Waals surface area contributed by atoms with E-state index in [0.717, 1.165) is 10.0 Å². The highest BCUT2D eigenvalue weighted by atomic mass is 79.9. The quantitative estimate of drug-likeness (QED) is 0.503. The van der Waals surface area contributed by atoms with Gasteiger partial charge in [0.2, 0.25) is 0 Å². The summed E-state index contributed by atoms with van der Waals surface area (Å²) in [6, 6.07) is 7.57. The predicted molar refractivity (Wildman–Crippen MR) is 75.4 cm³/mol. The number of amides is 1. The molecular weight excluding hydrogens is 320 g/mol. The van der Waals surface area contributed by atoms with Gasteiger partial charge in [-0.1, -0.05) is 34.1 Å². The van der Waals surface area contributed by atoms with Crippen LogP contribution in [0.3, 0.4) is 0 Å². The summed E-state index contributed by atoms with van der Waals surface area (Å²) in [6.07, 6.45) is 2.94. The average molecular weight is 328 g/mol. The van der Waals surface area contributed by atoms with Crippen LogP contribution in [0.5, 0.6) is 0 Å². The second-order valence-corrected chi connectivity index (χ2v) is 4.68. The van der Waals surface area contributed by atoms with Crippen molar-refractivity contribution in [3.8, 4) is 0 Å². The topological polar surface area (TPSA) is 66.2 Å². The highest BCUT2D eigenvalue weighted by Crippen LogP contribution is 2.13. The van der Waals surface area contributed by atoms with Gasteiger partial charge in [0, 0.05) is 10.0 Å². The predicted octanol–water partition coefficient (Wildman–Crippen LogP) is 1.95. The minimum Gasteiger partial charge on any atom is -0.271 e. The lowest BCUT2D eigenvalue weighted by Crippen LogP contribution is -2.38. The summed E-state index contributed by atoms with van der Waals surface area (Å²) < 4.78 is 0.909. The lowest BCUT2D eigenvalue weighted by atomic mass is 10.2. The second-order valence-electron chi connectivity index (χ2n) is 3.39. The molecule has 0 radical (unpaired) electrons. The summed E-state index contributed by atoms with van der Waals surface area (Å²) in [4.78, 5) is 11.2. The van der Waals surface area contributed by atoms with Crippen molar-refractivity contribution in [2.75, 3.05) is 0 Å². The van der Waals surface area contributed by atoms with Gasteiger partial charge in [-0.3, -0.25) is 4.79 Å². The third kappa shape index (κ3) is 3.02. The minimum atomic E-state index is -0.862. The van der Waals surface area contributed by atoms with E-state index >= 15 is 0 Å². The number of hydrogen-bond acceptors (Lipinski definition) is 4. The summed E-state index contributed by atoms with van der Waals surface area (Å²) in [6.45, 7) is 0. The Kier molecular flexibility index (Phi) is 4.22. The molecule has 1 aromatic rings. The maximum atomic E-state index is 11.2. The molecule has 1 aliphatic rings. The fraction of sp³-hybridized carbons (Fsp3) is 0.0909. The lowest BCUT2D eigenvalue weighted by molar-refractivity contribution is -0.119. The van der Waals surface area contributed by atoms with Crippen LogP contribution in [-0.2, 0) is 4.79 Å². The first-order chi connectivity index (χ1) is 8.68. The number of alkyl halides is 1. The molecule has 0 saturated carbocycles. The normalized spacial score (nSPS) is 21.6. The summed E-state index contributed by atoms with van der Waals surface area (Å²) in [5.74, 6) is -0.408. The van der Waals surface area contributed by atoms with E-state index < -0.39 is 11.3 Å². The summed E-state index contributed by atoms with van der Waals surface area (Å²) in [7, 11) is 0. The third-order valence-corrected chi connectivity index (χ3v) is 3.28. The van der Waals surface area contributed by atoms with Gasteiger partial charge in [-0.2, -0.15) is 15.3 Å². The van der Waals surface area contributed by atoms with Crippen LogP contribution in [0.25, 0.3) is 0 Å². The number of nitrogens with one attached hydrogen (secondary N) is 1. The molecule has 0 spiro atoms. The molecule has 18 heavy (non-hydrogen) atoms. The summed E-state index contributed by atoms with van der Waals surface area (Å²) in [5.41, 5.74) is 3.43. The average Bonchev–Trinajstić information content (AvgIpc) is 2.37. The van der Waals surface area contributed by atoms with Crippen LogP contribution in [0.1, 0.15) is 5.56 Å². The molecular formula is C11H8BrClN4O. The van der Waals surface area contributed by atoms with Crippen LogP contribution in [-0.4, -0.2) is 29.4 Å². The first-order valence-corrected chi connectivity index (χ1v) is 6.24. The molecule has 0 aromatic heterocycles. The van der Waals surface area contributed by atoms with Crippen molar-refractivity contribution in [1.29, 1.82) is 0 Å². The number of carbonyl (C=O) groups is 1. The van der Waals surface area contributed by atoms with Gasteiger partial charge in [-0.15, -0.1) is 11.6 Å². The van der Waals surface area contributed by atoms with E-state index in [0.29, 0.717) is 5.71 Å². The number of halogens is 2. The summed E-state index contributed by atoms with van der Waals surface area (Å²) >= 11 is 9.22. The monoisotopic (exact) mass is 326 g/mol. The van der Waals surface area contributed by atoms with Crippen molar-refractivity contribution < 1.29 is 4.79 Å². The Morgan fingerprint density at radius 3 is 3.00 bits per heavy atom. The molecule has 0 saturated heterocycles. The standard InChI is InChI=1S/C11H8BrClN4O/c12-8-4-2-1-3-7(8)5-14-16-9-6-15-17-11(18)10(9)13/h1-6,10H,(H,17,18)/b14-5+,16-9-. The maximum absolute atomic E-state index is 11.2. The molecule has 1 atom stereocenters. The van der Waals surface area contributed by atoms with E-state index in [1.165, 1.54) is 6.21 Å². The van der Waals surface area contributed by atoms with E-state index in [1.807, 2.05) is 24.3 Å². The minimum absolute atomic E-state index is 0.309. The Hall–Kier alpha value is -1.53. The van der Waals surface area contributed by atoms with Crippen molar-refractivity contribution in [3.05, 3.63) is 34.3 Å². The largest absolute Gasteiger partial charge is 0.271 e.